The van der Waals surface area contributed by atoms with Crippen molar-refractivity contribution in [2.24, 2.45) is 0 Å². The third kappa shape index (κ3) is 2.62. The van der Waals surface area contributed by atoms with E-state index in [0.29, 0.717) is 36.8 Å². The molecule has 2 aliphatic rings. The van der Waals surface area contributed by atoms with E-state index in [1.54, 1.807) is 31.5 Å². The number of amides is 1. The summed E-state index contributed by atoms with van der Waals surface area (Å²) in [4.78, 5) is 14.9. The molecule has 8 nitrogen and oxygen atoms in total. The van der Waals surface area contributed by atoms with Crippen LogP contribution in [0.15, 0.2) is 24.4 Å². The largest absolute Gasteiger partial charge is 0.493 e. The van der Waals surface area contributed by atoms with E-state index in [9.17, 15) is 4.79 Å². The van der Waals surface area contributed by atoms with Crippen molar-refractivity contribution >= 4 is 5.91 Å². The number of fused-ring (bicyclic) bond motifs is 3. The van der Waals surface area contributed by atoms with E-state index < -0.39 is 0 Å². The lowest BCUT2D eigenvalue weighted by Gasteiger charge is -2.41. The number of nitrogens with zero attached hydrogens (tertiary/aromatic N) is 4. The van der Waals surface area contributed by atoms with Crippen molar-refractivity contribution in [3.8, 4) is 11.5 Å². The summed E-state index contributed by atoms with van der Waals surface area (Å²) in [5, 5.41) is 8.14. The van der Waals surface area contributed by atoms with Crippen LogP contribution >= 0.6 is 0 Å². The molecule has 2 aliphatic heterocycles. The second-order valence-corrected chi connectivity index (χ2v) is 6.17. The van der Waals surface area contributed by atoms with Gasteiger partial charge in [-0.2, -0.15) is 0 Å². The van der Waals surface area contributed by atoms with Gasteiger partial charge in [-0.15, -0.1) is 5.10 Å². The molecule has 0 unspecified atom stereocenters. The Morgan fingerprint density at radius 2 is 2.20 bits per heavy atom. The third-order valence-electron chi connectivity index (χ3n) is 4.85. The number of benzene rings is 1. The predicted molar refractivity (Wildman–Crippen MR) is 87.7 cm³/mol. The molecule has 0 radical (unpaired) electrons. The maximum absolute atomic E-state index is 13.1. The first kappa shape index (κ1) is 15.9. The summed E-state index contributed by atoms with van der Waals surface area (Å²) in [5.74, 6) is 0.919. The topological polar surface area (TPSA) is 78.7 Å². The molecule has 1 amide bonds. The Bertz CT molecular complexity index is 791. The van der Waals surface area contributed by atoms with E-state index in [0.717, 1.165) is 12.1 Å². The highest BCUT2D eigenvalue weighted by Crippen LogP contribution is 2.34. The Morgan fingerprint density at radius 3 is 3.00 bits per heavy atom. The van der Waals surface area contributed by atoms with Gasteiger partial charge in [-0.1, -0.05) is 11.3 Å². The van der Waals surface area contributed by atoms with Gasteiger partial charge in [-0.3, -0.25) is 4.79 Å². The van der Waals surface area contributed by atoms with Gasteiger partial charge in [-0.05, 0) is 18.6 Å². The van der Waals surface area contributed by atoms with E-state index in [1.807, 2.05) is 9.58 Å². The normalized spacial score (nSPS) is 22.1. The van der Waals surface area contributed by atoms with Crippen molar-refractivity contribution in [1.82, 2.24) is 19.9 Å². The minimum atomic E-state index is -0.0820. The number of para-hydroxylation sites is 1. The number of carbonyl (C=O) groups excluding carboxylic acids is 1. The first-order valence-corrected chi connectivity index (χ1v) is 8.24. The van der Waals surface area contributed by atoms with Crippen molar-refractivity contribution in [1.29, 1.82) is 0 Å². The van der Waals surface area contributed by atoms with Crippen molar-refractivity contribution in [3.63, 3.8) is 0 Å². The molecular weight excluding hydrogens is 324 g/mol. The Kier molecular flexibility index (Phi) is 4.04. The van der Waals surface area contributed by atoms with Crippen LogP contribution in [0.1, 0.15) is 28.5 Å². The van der Waals surface area contributed by atoms with Crippen LogP contribution in [0.4, 0.5) is 0 Å². The molecule has 1 saturated heterocycles. The maximum atomic E-state index is 13.1. The molecule has 1 aromatic heterocycles. The first-order valence-electron chi connectivity index (χ1n) is 8.24. The number of likely N-dealkylation sites (tertiary alicyclic amines) is 1. The lowest BCUT2D eigenvalue weighted by molar-refractivity contribution is -0.0605. The molecule has 1 aromatic carbocycles. The zero-order chi connectivity index (χ0) is 17.4. The molecule has 25 heavy (non-hydrogen) atoms. The van der Waals surface area contributed by atoms with E-state index in [1.165, 1.54) is 7.11 Å². The summed E-state index contributed by atoms with van der Waals surface area (Å²) in [7, 11) is 3.10. The summed E-state index contributed by atoms with van der Waals surface area (Å²) in [6.07, 6.45) is 2.54. The predicted octanol–water partition coefficient (Wildman–Crippen LogP) is 1.28. The SMILES string of the molecule is COc1cccc(C(=O)N2CC[C@H]3OCc4cnnn4[C@H]3C2)c1OC. The highest BCUT2D eigenvalue weighted by atomic mass is 16.5. The first-order chi connectivity index (χ1) is 12.2. The zero-order valence-electron chi connectivity index (χ0n) is 14.2. The number of rotatable bonds is 3. The number of hydrogen-bond acceptors (Lipinski definition) is 6. The van der Waals surface area contributed by atoms with Crippen molar-refractivity contribution in [2.75, 3.05) is 27.3 Å². The molecule has 0 aliphatic carbocycles. The highest BCUT2D eigenvalue weighted by molar-refractivity contribution is 5.98. The summed E-state index contributed by atoms with van der Waals surface area (Å²) >= 11 is 0. The lowest BCUT2D eigenvalue weighted by atomic mass is 9.99. The Morgan fingerprint density at radius 1 is 1.32 bits per heavy atom. The second-order valence-electron chi connectivity index (χ2n) is 6.17. The van der Waals surface area contributed by atoms with Crippen LogP contribution in [0.25, 0.3) is 0 Å². The van der Waals surface area contributed by atoms with Crippen molar-refractivity contribution in [3.05, 3.63) is 35.7 Å². The fourth-order valence-corrected chi connectivity index (χ4v) is 3.59. The summed E-state index contributed by atoms with van der Waals surface area (Å²) in [5.41, 5.74) is 1.44. The van der Waals surface area contributed by atoms with Gasteiger partial charge in [0.05, 0.1) is 50.4 Å². The third-order valence-corrected chi connectivity index (χ3v) is 4.85. The van der Waals surface area contributed by atoms with Crippen LogP contribution < -0.4 is 9.47 Å². The van der Waals surface area contributed by atoms with Crippen molar-refractivity contribution < 1.29 is 19.0 Å². The molecule has 2 aromatic rings. The molecule has 3 heterocycles. The Hall–Kier alpha value is -2.61. The summed E-state index contributed by atoms with van der Waals surface area (Å²) in [6.45, 7) is 1.68. The molecule has 0 saturated carbocycles. The Balaban J connectivity index is 1.61. The van der Waals surface area contributed by atoms with E-state index in [2.05, 4.69) is 10.3 Å². The zero-order valence-corrected chi connectivity index (χ0v) is 14.2. The fraction of sp³-hybridized carbons (Fsp3) is 0.471. The molecule has 0 N–H and O–H groups in total. The van der Waals surface area contributed by atoms with Crippen molar-refractivity contribution in [2.45, 2.75) is 25.2 Å². The fourth-order valence-electron chi connectivity index (χ4n) is 3.59. The van der Waals surface area contributed by atoms with Crippen LogP contribution in [0.5, 0.6) is 11.5 Å². The molecule has 0 spiro atoms. The van der Waals surface area contributed by atoms with Gasteiger partial charge in [0.25, 0.3) is 5.91 Å². The van der Waals surface area contributed by atoms with Gasteiger partial charge in [0.15, 0.2) is 11.5 Å². The monoisotopic (exact) mass is 344 g/mol. The minimum Gasteiger partial charge on any atom is -0.493 e. The van der Waals surface area contributed by atoms with Crippen LogP contribution in [0.3, 0.4) is 0 Å². The average Bonchev–Trinajstić information content (AvgIpc) is 3.15. The minimum absolute atomic E-state index is 0.0134. The van der Waals surface area contributed by atoms with E-state index in [4.69, 9.17) is 14.2 Å². The van der Waals surface area contributed by atoms with Gasteiger partial charge < -0.3 is 19.1 Å². The van der Waals surface area contributed by atoms with Crippen LogP contribution in [0.2, 0.25) is 0 Å². The average molecular weight is 344 g/mol. The lowest BCUT2D eigenvalue weighted by Crippen LogP contribution is -2.50. The standard InChI is InChI=1S/C17H20N4O4/c1-23-15-5-3-4-12(16(15)24-2)17(22)20-7-6-14-13(9-20)21-11(10-25-14)8-18-19-21/h3-5,8,13-14H,6-7,9-10H2,1-2H3/t13-,14+/m0/s1. The number of aromatic nitrogens is 3. The smallest absolute Gasteiger partial charge is 0.257 e. The summed E-state index contributed by atoms with van der Waals surface area (Å²) in [6, 6.07) is 5.31. The number of ether oxygens (including phenoxy) is 3. The molecular formula is C17H20N4O4. The quantitative estimate of drug-likeness (QED) is 0.835. The highest BCUT2D eigenvalue weighted by Gasteiger charge is 2.38. The van der Waals surface area contributed by atoms with E-state index >= 15 is 0 Å². The van der Waals surface area contributed by atoms with Gasteiger partial charge >= 0.3 is 0 Å². The molecule has 2 atom stereocenters. The number of carbonyl (C=O) groups is 1. The molecule has 132 valence electrons. The molecule has 0 bridgehead atoms. The maximum Gasteiger partial charge on any atom is 0.257 e. The Labute approximate surface area is 145 Å². The van der Waals surface area contributed by atoms with Crippen LogP contribution in [0, 0.1) is 0 Å². The second kappa shape index (κ2) is 6.36. The van der Waals surface area contributed by atoms with Crippen LogP contribution in [-0.2, 0) is 11.3 Å². The van der Waals surface area contributed by atoms with Gasteiger partial charge in [-0.25, -0.2) is 4.68 Å². The van der Waals surface area contributed by atoms with Gasteiger partial charge in [0.2, 0.25) is 0 Å². The number of piperidine rings is 1. The summed E-state index contributed by atoms with van der Waals surface area (Å²) < 4.78 is 18.5. The number of methoxy groups -OCH3 is 2. The molecule has 8 heteroatoms. The number of hydrogen-bond donors (Lipinski definition) is 0. The van der Waals surface area contributed by atoms with E-state index in [-0.39, 0.29) is 18.1 Å². The van der Waals surface area contributed by atoms with Crippen LogP contribution in [-0.4, -0.2) is 59.2 Å². The molecule has 4 rings (SSSR count). The van der Waals surface area contributed by atoms with Gasteiger partial charge in [0, 0.05) is 13.1 Å². The molecule has 1 fully saturated rings. The van der Waals surface area contributed by atoms with Gasteiger partial charge in [0.1, 0.15) is 0 Å².